The Bertz CT molecular complexity index is 710. The minimum absolute atomic E-state index is 0.300. The summed E-state index contributed by atoms with van der Waals surface area (Å²) in [6.07, 6.45) is 0.378. The normalized spacial score (nSPS) is 20.0. The van der Waals surface area contributed by atoms with E-state index in [1.807, 2.05) is 0 Å². The molecule has 2 N–H and O–H groups in total. The first kappa shape index (κ1) is 13.3. The van der Waals surface area contributed by atoms with E-state index >= 15 is 0 Å². The molecule has 1 amide bonds. The van der Waals surface area contributed by atoms with Crippen molar-refractivity contribution in [2.24, 2.45) is 11.8 Å². The van der Waals surface area contributed by atoms with Crippen molar-refractivity contribution >= 4 is 17.6 Å². The van der Waals surface area contributed by atoms with Gasteiger partial charge in [0.25, 0.3) is 0 Å². The molecule has 2 atom stereocenters. The number of anilines is 1. The lowest BCUT2D eigenvalue weighted by Gasteiger charge is -2.08. The maximum absolute atomic E-state index is 12.0. The lowest BCUT2D eigenvalue weighted by Crippen LogP contribution is -2.17. The quantitative estimate of drug-likeness (QED) is 0.886. The minimum atomic E-state index is -0.934. The van der Waals surface area contributed by atoms with Crippen LogP contribution in [-0.4, -0.2) is 27.2 Å². The average Bonchev–Trinajstić information content (AvgIpc) is 3.16. The fourth-order valence-corrected chi connectivity index (χ4v) is 2.17. The number of carboxylic acids is 1. The number of hydrogen-bond acceptors (Lipinski definition) is 5. The van der Waals surface area contributed by atoms with Crippen molar-refractivity contribution in [1.29, 1.82) is 0 Å². The molecule has 0 radical (unpaired) electrons. The highest BCUT2D eigenvalue weighted by Crippen LogP contribution is 2.40. The van der Waals surface area contributed by atoms with Crippen LogP contribution in [0.2, 0.25) is 0 Å². The van der Waals surface area contributed by atoms with Gasteiger partial charge in [-0.2, -0.15) is 0 Å². The van der Waals surface area contributed by atoms with E-state index in [2.05, 4.69) is 15.5 Å². The number of carboxylic acid groups (broad SMARTS) is 1. The summed E-state index contributed by atoms with van der Waals surface area (Å²) in [5.74, 6) is -1.54. The molecule has 7 heteroatoms. The van der Waals surface area contributed by atoms with Crippen LogP contribution in [0.1, 0.15) is 12.3 Å². The predicted octanol–water partition coefficient (Wildman–Crippen LogP) is 1.70. The predicted molar refractivity (Wildman–Crippen MR) is 72.3 cm³/mol. The largest absolute Gasteiger partial charge is 0.481 e. The Kier molecular flexibility index (Phi) is 3.17. The number of hydrogen-bond donors (Lipinski definition) is 2. The van der Waals surface area contributed by atoms with Gasteiger partial charge in [0.15, 0.2) is 0 Å². The standard InChI is InChI=1S/C14H13N3O4/c1-7-16-17-13(21-7)8-4-2-3-5-11(8)15-12(18)9-6-10(9)14(19)20/h2-5,9-10H,6H2,1H3,(H,15,18)(H,19,20)/t9-,10+/m1/s1. The van der Waals surface area contributed by atoms with E-state index in [0.29, 0.717) is 29.5 Å². The van der Waals surface area contributed by atoms with Crippen LogP contribution in [-0.2, 0) is 9.59 Å². The van der Waals surface area contributed by atoms with E-state index in [0.717, 1.165) is 0 Å². The van der Waals surface area contributed by atoms with E-state index in [4.69, 9.17) is 9.52 Å². The van der Waals surface area contributed by atoms with Crippen LogP contribution in [0.4, 0.5) is 5.69 Å². The summed E-state index contributed by atoms with van der Waals surface area (Å²) in [5.41, 5.74) is 1.14. The molecule has 3 rings (SSSR count). The second-order valence-corrected chi connectivity index (χ2v) is 4.95. The number of carbonyl (C=O) groups excluding carboxylic acids is 1. The molecular weight excluding hydrogens is 274 g/mol. The van der Waals surface area contributed by atoms with Crippen LogP contribution >= 0.6 is 0 Å². The Hall–Kier alpha value is -2.70. The molecule has 1 saturated carbocycles. The van der Waals surface area contributed by atoms with E-state index < -0.39 is 17.8 Å². The summed E-state index contributed by atoms with van der Waals surface area (Å²) in [7, 11) is 0. The van der Waals surface area contributed by atoms with Gasteiger partial charge in [0.05, 0.1) is 23.1 Å². The van der Waals surface area contributed by atoms with Gasteiger partial charge >= 0.3 is 5.97 Å². The first-order chi connectivity index (χ1) is 10.1. The van der Waals surface area contributed by atoms with Crippen LogP contribution in [0.15, 0.2) is 28.7 Å². The zero-order valence-electron chi connectivity index (χ0n) is 11.2. The number of aryl methyl sites for hydroxylation is 1. The highest BCUT2D eigenvalue weighted by Gasteiger charge is 2.48. The zero-order chi connectivity index (χ0) is 15.0. The second kappa shape index (κ2) is 5.01. The fraction of sp³-hybridized carbons (Fsp3) is 0.286. The van der Waals surface area contributed by atoms with E-state index in [1.54, 1.807) is 31.2 Å². The molecule has 1 heterocycles. The van der Waals surface area contributed by atoms with Crippen molar-refractivity contribution in [1.82, 2.24) is 10.2 Å². The lowest BCUT2D eigenvalue weighted by atomic mass is 10.1. The van der Waals surface area contributed by atoms with Crippen molar-refractivity contribution in [2.45, 2.75) is 13.3 Å². The second-order valence-electron chi connectivity index (χ2n) is 4.95. The Balaban J connectivity index is 1.80. The van der Waals surface area contributed by atoms with Gasteiger partial charge in [0.2, 0.25) is 17.7 Å². The van der Waals surface area contributed by atoms with Gasteiger partial charge in [0.1, 0.15) is 0 Å². The van der Waals surface area contributed by atoms with Crippen molar-refractivity contribution in [3.63, 3.8) is 0 Å². The molecule has 1 fully saturated rings. The number of para-hydroxylation sites is 1. The van der Waals surface area contributed by atoms with Crippen LogP contribution in [0.3, 0.4) is 0 Å². The first-order valence-corrected chi connectivity index (χ1v) is 6.49. The topological polar surface area (TPSA) is 105 Å². The summed E-state index contributed by atoms with van der Waals surface area (Å²) in [6, 6.07) is 7.03. The molecule has 2 aromatic rings. The molecule has 0 unspecified atom stereocenters. The number of amides is 1. The number of nitrogens with one attached hydrogen (secondary N) is 1. The number of aliphatic carboxylic acids is 1. The molecule has 0 spiro atoms. The van der Waals surface area contributed by atoms with Crippen LogP contribution < -0.4 is 5.32 Å². The van der Waals surface area contributed by atoms with Gasteiger partial charge in [-0.15, -0.1) is 10.2 Å². The molecule has 1 aromatic carbocycles. The third-order valence-electron chi connectivity index (χ3n) is 3.39. The number of carbonyl (C=O) groups is 2. The molecule has 0 bridgehead atoms. The molecular formula is C14H13N3O4. The monoisotopic (exact) mass is 287 g/mol. The van der Waals surface area contributed by atoms with E-state index in [9.17, 15) is 9.59 Å². The summed E-state index contributed by atoms with van der Waals surface area (Å²) < 4.78 is 5.36. The molecule has 0 aliphatic heterocycles. The highest BCUT2D eigenvalue weighted by molar-refractivity contribution is 6.00. The molecule has 108 valence electrons. The lowest BCUT2D eigenvalue weighted by molar-refractivity contribution is -0.139. The summed E-state index contributed by atoms with van der Waals surface area (Å²) in [5, 5.41) is 19.3. The van der Waals surface area contributed by atoms with E-state index in [1.165, 1.54) is 0 Å². The van der Waals surface area contributed by atoms with Gasteiger partial charge in [-0.3, -0.25) is 9.59 Å². The van der Waals surface area contributed by atoms with Crippen molar-refractivity contribution < 1.29 is 19.1 Å². The van der Waals surface area contributed by atoms with Crippen molar-refractivity contribution in [3.05, 3.63) is 30.2 Å². The number of nitrogens with zero attached hydrogens (tertiary/aromatic N) is 2. The van der Waals surface area contributed by atoms with Crippen LogP contribution in [0.25, 0.3) is 11.5 Å². The Morgan fingerprint density at radius 1 is 1.29 bits per heavy atom. The molecule has 7 nitrogen and oxygen atoms in total. The smallest absolute Gasteiger partial charge is 0.307 e. The minimum Gasteiger partial charge on any atom is -0.481 e. The first-order valence-electron chi connectivity index (χ1n) is 6.49. The van der Waals surface area contributed by atoms with Gasteiger partial charge in [-0.25, -0.2) is 0 Å². The molecule has 1 aromatic heterocycles. The Morgan fingerprint density at radius 2 is 2.05 bits per heavy atom. The van der Waals surface area contributed by atoms with Gasteiger partial charge in [-0.1, -0.05) is 12.1 Å². The van der Waals surface area contributed by atoms with Crippen LogP contribution in [0, 0.1) is 18.8 Å². The third-order valence-corrected chi connectivity index (χ3v) is 3.39. The number of rotatable bonds is 4. The fourth-order valence-electron chi connectivity index (χ4n) is 2.17. The summed E-state index contributed by atoms with van der Waals surface area (Å²) >= 11 is 0. The highest BCUT2D eigenvalue weighted by atomic mass is 16.4. The maximum atomic E-state index is 12.0. The molecule has 1 aliphatic carbocycles. The Labute approximate surface area is 120 Å². The average molecular weight is 287 g/mol. The molecule has 21 heavy (non-hydrogen) atoms. The number of benzene rings is 1. The van der Waals surface area contributed by atoms with Crippen LogP contribution in [0.5, 0.6) is 0 Å². The van der Waals surface area contributed by atoms with Gasteiger partial charge < -0.3 is 14.8 Å². The third kappa shape index (κ3) is 2.62. The van der Waals surface area contributed by atoms with Crippen molar-refractivity contribution in [2.75, 3.05) is 5.32 Å². The Morgan fingerprint density at radius 3 is 2.67 bits per heavy atom. The SMILES string of the molecule is Cc1nnc(-c2ccccc2NC(=O)[C@@H]2C[C@@H]2C(=O)O)o1. The molecule has 1 aliphatic rings. The zero-order valence-corrected chi connectivity index (χ0v) is 11.2. The maximum Gasteiger partial charge on any atom is 0.307 e. The van der Waals surface area contributed by atoms with E-state index in [-0.39, 0.29) is 5.91 Å². The number of aromatic nitrogens is 2. The summed E-state index contributed by atoms with van der Waals surface area (Å²) in [6.45, 7) is 1.68. The van der Waals surface area contributed by atoms with Gasteiger partial charge in [-0.05, 0) is 18.6 Å². The van der Waals surface area contributed by atoms with Gasteiger partial charge in [0, 0.05) is 6.92 Å². The molecule has 0 saturated heterocycles. The van der Waals surface area contributed by atoms with Crippen molar-refractivity contribution in [3.8, 4) is 11.5 Å². The summed E-state index contributed by atoms with van der Waals surface area (Å²) in [4.78, 5) is 22.8.